The van der Waals surface area contributed by atoms with Crippen molar-refractivity contribution in [3.8, 4) is 0 Å². The summed E-state index contributed by atoms with van der Waals surface area (Å²) in [6, 6.07) is 0.0267. The molecule has 2 heterocycles. The minimum Gasteiger partial charge on any atom is -0.352 e. The molecule has 1 aliphatic carbocycles. The number of carbonyl (C=O) groups excluding carboxylic acids is 1. The molecule has 0 saturated heterocycles. The van der Waals surface area contributed by atoms with Crippen molar-refractivity contribution in [2.45, 2.75) is 69.7 Å². The molecule has 0 bridgehead atoms. The highest BCUT2D eigenvalue weighted by atomic mass is 32.2. The number of hydrogen-bond acceptors (Lipinski definition) is 5. The Balaban J connectivity index is 1.49. The molecule has 0 spiro atoms. The average Bonchev–Trinajstić information content (AvgIpc) is 3.17. The fraction of sp³-hybridized carbons (Fsp3) is 0.800. The van der Waals surface area contributed by atoms with Crippen molar-refractivity contribution >= 4 is 15.7 Å². The van der Waals surface area contributed by atoms with Crippen LogP contribution in [0.1, 0.15) is 50.2 Å². The molecule has 2 aliphatic rings. The Kier molecular flexibility index (Phi) is 4.70. The molecule has 23 heavy (non-hydrogen) atoms. The third-order valence-electron chi connectivity index (χ3n) is 4.92. The van der Waals surface area contributed by atoms with E-state index >= 15 is 0 Å². The van der Waals surface area contributed by atoms with Gasteiger partial charge in [-0.15, -0.1) is 10.2 Å². The summed E-state index contributed by atoms with van der Waals surface area (Å²) in [7, 11) is -3.13. The second kappa shape index (κ2) is 6.59. The number of aromatic nitrogens is 3. The van der Waals surface area contributed by atoms with Gasteiger partial charge in [-0.05, 0) is 26.2 Å². The largest absolute Gasteiger partial charge is 0.352 e. The first-order chi connectivity index (χ1) is 11.0. The standard InChI is InChI=1S/C15H24N4O3S/c1-11-17-18-14-7-6-12(10-19(11)14)16-15(20)8-9-23(21,22)13-4-2-3-5-13/h12-13H,2-10H2,1H3,(H,16,20). The smallest absolute Gasteiger partial charge is 0.221 e. The van der Waals surface area contributed by atoms with Crippen LogP contribution in [0.15, 0.2) is 0 Å². The zero-order valence-electron chi connectivity index (χ0n) is 13.5. The highest BCUT2D eigenvalue weighted by Gasteiger charge is 2.29. The van der Waals surface area contributed by atoms with Gasteiger partial charge in [0.2, 0.25) is 5.91 Å². The Labute approximate surface area is 136 Å². The lowest BCUT2D eigenvalue weighted by Gasteiger charge is -2.25. The molecule has 1 N–H and O–H groups in total. The van der Waals surface area contributed by atoms with Crippen LogP contribution in [0, 0.1) is 6.92 Å². The SMILES string of the molecule is Cc1nnc2n1CC(NC(=O)CCS(=O)(=O)C1CCCC1)CC2. The minimum atomic E-state index is -3.13. The van der Waals surface area contributed by atoms with Gasteiger partial charge in [-0.2, -0.15) is 0 Å². The van der Waals surface area contributed by atoms with Crippen LogP contribution in [0.5, 0.6) is 0 Å². The maximum atomic E-state index is 12.2. The predicted molar refractivity (Wildman–Crippen MR) is 85.7 cm³/mol. The Morgan fingerprint density at radius 2 is 2.00 bits per heavy atom. The molecule has 128 valence electrons. The molecule has 1 saturated carbocycles. The van der Waals surface area contributed by atoms with Crippen molar-refractivity contribution < 1.29 is 13.2 Å². The third kappa shape index (κ3) is 3.73. The highest BCUT2D eigenvalue weighted by Crippen LogP contribution is 2.25. The van der Waals surface area contributed by atoms with Gasteiger partial charge >= 0.3 is 0 Å². The van der Waals surface area contributed by atoms with Crippen LogP contribution in [-0.2, 0) is 27.6 Å². The topological polar surface area (TPSA) is 93.9 Å². The Bertz CT molecular complexity index is 677. The van der Waals surface area contributed by atoms with E-state index in [1.807, 2.05) is 11.5 Å². The molecule has 1 atom stereocenters. The summed E-state index contributed by atoms with van der Waals surface area (Å²) < 4.78 is 26.4. The number of carbonyl (C=O) groups is 1. The van der Waals surface area contributed by atoms with E-state index in [1.54, 1.807) is 0 Å². The van der Waals surface area contributed by atoms with Crippen LogP contribution in [-0.4, -0.2) is 46.1 Å². The number of nitrogens with zero attached hydrogens (tertiary/aromatic N) is 3. The zero-order chi connectivity index (χ0) is 16.4. The van der Waals surface area contributed by atoms with Gasteiger partial charge in [-0.25, -0.2) is 8.42 Å². The van der Waals surface area contributed by atoms with Gasteiger partial charge in [-0.3, -0.25) is 4.79 Å². The molecule has 1 fully saturated rings. The first-order valence-corrected chi connectivity index (χ1v) is 10.1. The number of sulfone groups is 1. The lowest BCUT2D eigenvalue weighted by atomic mass is 10.1. The number of hydrogen-bond donors (Lipinski definition) is 1. The zero-order valence-corrected chi connectivity index (χ0v) is 14.3. The van der Waals surface area contributed by atoms with Crippen LogP contribution in [0.2, 0.25) is 0 Å². The van der Waals surface area contributed by atoms with E-state index in [1.165, 1.54) is 0 Å². The number of amides is 1. The molecular formula is C15H24N4O3S. The number of aryl methyl sites for hydroxylation is 2. The van der Waals surface area contributed by atoms with Crippen LogP contribution >= 0.6 is 0 Å². The van der Waals surface area contributed by atoms with Crippen LogP contribution in [0.25, 0.3) is 0 Å². The van der Waals surface area contributed by atoms with Crippen molar-refractivity contribution in [2.75, 3.05) is 5.75 Å². The maximum Gasteiger partial charge on any atom is 0.221 e. The van der Waals surface area contributed by atoms with Gasteiger partial charge in [0.25, 0.3) is 0 Å². The predicted octanol–water partition coefficient (Wildman–Crippen LogP) is 0.765. The van der Waals surface area contributed by atoms with E-state index in [0.717, 1.165) is 50.2 Å². The summed E-state index contributed by atoms with van der Waals surface area (Å²) in [6.45, 7) is 2.56. The van der Waals surface area contributed by atoms with Gasteiger partial charge in [0.1, 0.15) is 11.6 Å². The van der Waals surface area contributed by atoms with Crippen molar-refractivity contribution in [1.82, 2.24) is 20.1 Å². The first kappa shape index (κ1) is 16.4. The molecule has 1 unspecified atom stereocenters. The number of rotatable bonds is 5. The van der Waals surface area contributed by atoms with Gasteiger partial charge in [0, 0.05) is 25.4 Å². The molecule has 0 radical (unpaired) electrons. The molecule has 3 rings (SSSR count). The highest BCUT2D eigenvalue weighted by molar-refractivity contribution is 7.92. The lowest BCUT2D eigenvalue weighted by Crippen LogP contribution is -2.42. The summed E-state index contributed by atoms with van der Waals surface area (Å²) in [5.74, 6) is 1.60. The van der Waals surface area contributed by atoms with Gasteiger partial charge in [0.15, 0.2) is 9.84 Å². The fourth-order valence-electron chi connectivity index (χ4n) is 3.53. The Morgan fingerprint density at radius 1 is 1.26 bits per heavy atom. The second-order valence-electron chi connectivity index (χ2n) is 6.60. The van der Waals surface area contributed by atoms with Crippen molar-refractivity contribution in [2.24, 2.45) is 0 Å². The molecule has 1 aromatic rings. The Hall–Kier alpha value is -1.44. The van der Waals surface area contributed by atoms with Crippen LogP contribution < -0.4 is 5.32 Å². The maximum absolute atomic E-state index is 12.2. The Morgan fingerprint density at radius 3 is 2.74 bits per heavy atom. The van der Waals surface area contributed by atoms with Crippen molar-refractivity contribution in [3.63, 3.8) is 0 Å². The van der Waals surface area contributed by atoms with Gasteiger partial charge in [0.05, 0.1) is 11.0 Å². The second-order valence-corrected chi connectivity index (χ2v) is 9.00. The molecule has 8 heteroatoms. The van der Waals surface area contributed by atoms with E-state index < -0.39 is 9.84 Å². The lowest BCUT2D eigenvalue weighted by molar-refractivity contribution is -0.121. The molecule has 1 amide bonds. The third-order valence-corrected chi connectivity index (χ3v) is 7.18. The van der Waals surface area contributed by atoms with Crippen molar-refractivity contribution in [1.29, 1.82) is 0 Å². The summed E-state index contributed by atoms with van der Waals surface area (Å²) in [6.07, 6.45) is 5.14. The number of nitrogens with one attached hydrogen (secondary N) is 1. The summed E-state index contributed by atoms with van der Waals surface area (Å²) >= 11 is 0. The van der Waals surface area contributed by atoms with Crippen molar-refractivity contribution in [3.05, 3.63) is 11.6 Å². The normalized spacial score (nSPS) is 22.0. The van der Waals surface area contributed by atoms with Crippen LogP contribution in [0.4, 0.5) is 0 Å². The number of fused-ring (bicyclic) bond motifs is 1. The van der Waals surface area contributed by atoms with Gasteiger partial charge < -0.3 is 9.88 Å². The fourth-order valence-corrected chi connectivity index (χ4v) is 5.38. The molecule has 7 nitrogen and oxygen atoms in total. The average molecular weight is 340 g/mol. The molecule has 0 aromatic carbocycles. The molecular weight excluding hydrogens is 316 g/mol. The molecule has 1 aromatic heterocycles. The summed E-state index contributed by atoms with van der Waals surface area (Å²) in [5, 5.41) is 10.9. The monoisotopic (exact) mass is 340 g/mol. The van der Waals surface area contributed by atoms with E-state index in [0.29, 0.717) is 6.54 Å². The molecule has 1 aliphatic heterocycles. The summed E-state index contributed by atoms with van der Waals surface area (Å²) in [5.41, 5.74) is 0. The first-order valence-electron chi connectivity index (χ1n) is 8.35. The van der Waals surface area contributed by atoms with E-state index in [-0.39, 0.29) is 29.4 Å². The van der Waals surface area contributed by atoms with Gasteiger partial charge in [-0.1, -0.05) is 12.8 Å². The summed E-state index contributed by atoms with van der Waals surface area (Å²) in [4.78, 5) is 12.1. The van der Waals surface area contributed by atoms with E-state index in [4.69, 9.17) is 0 Å². The van der Waals surface area contributed by atoms with E-state index in [2.05, 4.69) is 15.5 Å². The quantitative estimate of drug-likeness (QED) is 0.854. The van der Waals surface area contributed by atoms with Crippen LogP contribution in [0.3, 0.4) is 0 Å². The van der Waals surface area contributed by atoms with E-state index in [9.17, 15) is 13.2 Å². The minimum absolute atomic E-state index is 0.0267.